The van der Waals surface area contributed by atoms with E-state index in [0.717, 1.165) is 39.3 Å². The zero-order valence-electron chi connectivity index (χ0n) is 29.9. The van der Waals surface area contributed by atoms with Crippen LogP contribution in [0.2, 0.25) is 0 Å². The van der Waals surface area contributed by atoms with Gasteiger partial charge < -0.3 is 13.9 Å². The number of benzene rings is 9. The van der Waals surface area contributed by atoms with Gasteiger partial charge in [-0.1, -0.05) is 133 Å². The highest BCUT2D eigenvalue weighted by Gasteiger charge is 2.21. The highest BCUT2D eigenvalue weighted by molar-refractivity contribution is 6.19. The summed E-state index contributed by atoms with van der Waals surface area (Å²) in [6, 6.07) is 74.0. The third-order valence-electron chi connectivity index (χ3n) is 11.0. The van der Waals surface area contributed by atoms with Crippen molar-refractivity contribution in [3.63, 3.8) is 0 Å². The first-order chi connectivity index (χ1) is 27.3. The highest BCUT2D eigenvalue weighted by atomic mass is 16.3. The van der Waals surface area contributed by atoms with Crippen LogP contribution in [0.4, 0.5) is 17.1 Å². The van der Waals surface area contributed by atoms with Gasteiger partial charge in [-0.25, -0.2) is 0 Å². The van der Waals surface area contributed by atoms with E-state index in [1.165, 1.54) is 60.2 Å². The summed E-state index contributed by atoms with van der Waals surface area (Å²) in [6.07, 6.45) is 0. The van der Waals surface area contributed by atoms with Gasteiger partial charge in [-0.3, -0.25) is 0 Å². The van der Waals surface area contributed by atoms with Crippen LogP contribution in [-0.4, -0.2) is 4.57 Å². The van der Waals surface area contributed by atoms with Gasteiger partial charge in [-0.2, -0.15) is 0 Å². The fourth-order valence-corrected chi connectivity index (χ4v) is 8.44. The lowest BCUT2D eigenvalue weighted by Gasteiger charge is -2.27. The average molecular weight is 703 g/mol. The van der Waals surface area contributed by atoms with Crippen LogP contribution in [0, 0.1) is 0 Å². The molecule has 0 spiro atoms. The molecule has 2 heterocycles. The Labute approximate surface area is 318 Å². The molecule has 9 aromatic carbocycles. The van der Waals surface area contributed by atoms with E-state index in [1.54, 1.807) is 0 Å². The molecule has 0 aliphatic heterocycles. The maximum absolute atomic E-state index is 6.18. The highest BCUT2D eigenvalue weighted by Crippen LogP contribution is 2.45. The molecule has 0 N–H and O–H groups in total. The van der Waals surface area contributed by atoms with Gasteiger partial charge >= 0.3 is 0 Å². The molecule has 0 amide bonds. The smallest absolute Gasteiger partial charge is 0.136 e. The molecule has 55 heavy (non-hydrogen) atoms. The lowest BCUT2D eigenvalue weighted by Crippen LogP contribution is -2.10. The number of nitrogens with zero attached hydrogens (tertiary/aromatic N) is 2. The average Bonchev–Trinajstić information content (AvgIpc) is 3.81. The van der Waals surface area contributed by atoms with Gasteiger partial charge in [-0.05, 0) is 106 Å². The minimum absolute atomic E-state index is 0.921. The lowest BCUT2D eigenvalue weighted by atomic mass is 9.98. The van der Waals surface area contributed by atoms with Crippen molar-refractivity contribution < 1.29 is 4.42 Å². The number of hydrogen-bond acceptors (Lipinski definition) is 2. The molecule has 0 saturated heterocycles. The van der Waals surface area contributed by atoms with Crippen LogP contribution in [0.1, 0.15) is 0 Å². The lowest BCUT2D eigenvalue weighted by molar-refractivity contribution is 0.669. The third-order valence-corrected chi connectivity index (χ3v) is 11.0. The first kappa shape index (κ1) is 31.2. The minimum Gasteiger partial charge on any atom is -0.456 e. The van der Waals surface area contributed by atoms with Crippen LogP contribution in [0.5, 0.6) is 0 Å². The fourth-order valence-electron chi connectivity index (χ4n) is 8.44. The van der Waals surface area contributed by atoms with E-state index in [2.05, 4.69) is 204 Å². The summed E-state index contributed by atoms with van der Waals surface area (Å²) in [5.41, 5.74) is 13.4. The summed E-state index contributed by atoms with van der Waals surface area (Å²) in [7, 11) is 0. The number of anilines is 3. The quantitative estimate of drug-likeness (QED) is 0.172. The SMILES string of the molecule is c1ccc(-c2ccc(N(c3ccc(-c4ccc5c(ccc6oc7ccccc7c65)c4)cc3)c3cccc4c3c3ccccc3n4-c3ccccc3)cc2)cc1. The number of furan rings is 1. The van der Waals surface area contributed by atoms with Gasteiger partial charge in [0.2, 0.25) is 0 Å². The summed E-state index contributed by atoms with van der Waals surface area (Å²) in [4.78, 5) is 2.41. The molecule has 3 heteroatoms. The zero-order chi connectivity index (χ0) is 36.3. The summed E-state index contributed by atoms with van der Waals surface area (Å²) in [6.45, 7) is 0. The normalized spacial score (nSPS) is 11.6. The van der Waals surface area contributed by atoms with Crippen LogP contribution in [-0.2, 0) is 0 Å². The van der Waals surface area contributed by atoms with Gasteiger partial charge in [0.25, 0.3) is 0 Å². The number of para-hydroxylation sites is 3. The van der Waals surface area contributed by atoms with E-state index in [0.29, 0.717) is 0 Å². The predicted octanol–water partition coefficient (Wildman–Crippen LogP) is 14.6. The van der Waals surface area contributed by atoms with E-state index in [4.69, 9.17) is 4.42 Å². The number of rotatable bonds is 6. The molecule has 0 unspecified atom stereocenters. The Morgan fingerprint density at radius 2 is 0.964 bits per heavy atom. The Morgan fingerprint density at radius 1 is 0.364 bits per heavy atom. The Morgan fingerprint density at radius 3 is 1.73 bits per heavy atom. The third kappa shape index (κ3) is 5.13. The largest absolute Gasteiger partial charge is 0.456 e. The van der Waals surface area contributed by atoms with Crippen molar-refractivity contribution >= 4 is 71.6 Å². The molecular weight excluding hydrogens is 669 g/mol. The second kappa shape index (κ2) is 12.6. The van der Waals surface area contributed by atoms with Crippen LogP contribution in [0.15, 0.2) is 211 Å². The Hall–Kier alpha value is -7.36. The van der Waals surface area contributed by atoms with Crippen molar-refractivity contribution in [2.24, 2.45) is 0 Å². The Kier molecular flexibility index (Phi) is 7.17. The van der Waals surface area contributed by atoms with Gasteiger partial charge in [0.05, 0.1) is 16.7 Å². The molecule has 11 aromatic rings. The fraction of sp³-hybridized carbons (Fsp3) is 0. The topological polar surface area (TPSA) is 21.3 Å². The molecule has 0 atom stereocenters. The Balaban J connectivity index is 1.06. The Bertz CT molecular complexity index is 3180. The molecule has 0 bridgehead atoms. The molecule has 0 radical (unpaired) electrons. The summed E-state index contributed by atoms with van der Waals surface area (Å²) in [5, 5.41) is 7.16. The van der Waals surface area contributed by atoms with E-state index >= 15 is 0 Å². The van der Waals surface area contributed by atoms with E-state index < -0.39 is 0 Å². The minimum atomic E-state index is 0.921. The maximum atomic E-state index is 6.18. The summed E-state index contributed by atoms with van der Waals surface area (Å²) in [5.74, 6) is 0. The molecule has 258 valence electrons. The van der Waals surface area contributed by atoms with Crippen LogP contribution in [0.3, 0.4) is 0 Å². The number of fused-ring (bicyclic) bond motifs is 8. The summed E-state index contributed by atoms with van der Waals surface area (Å²) < 4.78 is 8.56. The monoisotopic (exact) mass is 702 g/mol. The van der Waals surface area contributed by atoms with Crippen molar-refractivity contribution in [2.45, 2.75) is 0 Å². The second-order valence-electron chi connectivity index (χ2n) is 14.1. The van der Waals surface area contributed by atoms with Gasteiger partial charge in [-0.15, -0.1) is 0 Å². The number of hydrogen-bond donors (Lipinski definition) is 0. The van der Waals surface area contributed by atoms with Crippen molar-refractivity contribution in [2.75, 3.05) is 4.90 Å². The molecule has 0 aliphatic rings. The van der Waals surface area contributed by atoms with E-state index in [1.807, 2.05) is 12.1 Å². The van der Waals surface area contributed by atoms with Crippen molar-refractivity contribution in [3.8, 4) is 27.9 Å². The first-order valence-electron chi connectivity index (χ1n) is 18.8. The van der Waals surface area contributed by atoms with Crippen LogP contribution >= 0.6 is 0 Å². The standard InChI is InChI=1S/C52H34N2O/c1-3-12-35(13-4-1)36-22-28-41(29-23-36)53(47-19-11-20-48-52(47)44-16-7-9-18-46(44)54(48)40-14-5-2-6-15-40)42-30-24-37(25-31-42)38-26-32-43-39(34-38)27-33-50-51(43)45-17-8-10-21-49(45)55-50/h1-34H. The molecule has 3 nitrogen and oxygen atoms in total. The second-order valence-corrected chi connectivity index (χ2v) is 14.1. The van der Waals surface area contributed by atoms with Gasteiger partial charge in [0, 0.05) is 38.6 Å². The molecule has 0 aliphatic carbocycles. The van der Waals surface area contributed by atoms with Crippen LogP contribution in [0.25, 0.3) is 82.5 Å². The maximum Gasteiger partial charge on any atom is 0.136 e. The molecule has 0 saturated carbocycles. The van der Waals surface area contributed by atoms with E-state index in [9.17, 15) is 0 Å². The van der Waals surface area contributed by atoms with Crippen molar-refractivity contribution in [1.29, 1.82) is 0 Å². The first-order valence-corrected chi connectivity index (χ1v) is 18.8. The van der Waals surface area contributed by atoms with Crippen molar-refractivity contribution in [3.05, 3.63) is 206 Å². The molecule has 2 aromatic heterocycles. The van der Waals surface area contributed by atoms with Crippen molar-refractivity contribution in [1.82, 2.24) is 4.57 Å². The zero-order valence-corrected chi connectivity index (χ0v) is 29.9. The molecule has 11 rings (SSSR count). The summed E-state index contributed by atoms with van der Waals surface area (Å²) >= 11 is 0. The number of aromatic nitrogens is 1. The predicted molar refractivity (Wildman–Crippen MR) is 231 cm³/mol. The molecular formula is C52H34N2O. The van der Waals surface area contributed by atoms with E-state index in [-0.39, 0.29) is 0 Å². The van der Waals surface area contributed by atoms with Gasteiger partial charge in [0.1, 0.15) is 11.2 Å². The molecule has 0 fully saturated rings. The van der Waals surface area contributed by atoms with Gasteiger partial charge in [0.15, 0.2) is 0 Å². The van der Waals surface area contributed by atoms with Crippen LogP contribution < -0.4 is 4.90 Å².